The summed E-state index contributed by atoms with van der Waals surface area (Å²) in [6, 6.07) is 47.1. The monoisotopic (exact) mass is 518 g/mol. The van der Waals surface area contributed by atoms with Crippen LogP contribution < -0.4 is 5.32 Å². The van der Waals surface area contributed by atoms with Crippen molar-refractivity contribution in [1.82, 2.24) is 15.0 Å². The predicted molar refractivity (Wildman–Crippen MR) is 164 cm³/mol. The average molecular weight is 519 g/mol. The van der Waals surface area contributed by atoms with Gasteiger partial charge in [-0.15, -0.1) is 0 Å². The predicted octanol–water partition coefficient (Wildman–Crippen LogP) is 8.94. The van der Waals surface area contributed by atoms with Gasteiger partial charge in [0.1, 0.15) is 0 Å². The Balaban J connectivity index is 0.000000157. The van der Waals surface area contributed by atoms with E-state index >= 15 is 0 Å². The first-order chi connectivity index (χ1) is 19.6. The number of nitrogens with zero attached hydrogens (tertiary/aromatic N) is 3. The Kier molecular flexibility index (Phi) is 6.90. The summed E-state index contributed by atoms with van der Waals surface area (Å²) in [5, 5.41) is 3.50. The maximum absolute atomic E-state index is 4.68. The number of nitrogens with one attached hydrogen (secondary N) is 1. The van der Waals surface area contributed by atoms with Gasteiger partial charge in [0.05, 0.1) is 0 Å². The molecule has 194 valence electrons. The summed E-state index contributed by atoms with van der Waals surface area (Å²) in [6.07, 6.45) is 0. The number of aromatic nitrogens is 3. The molecule has 6 aromatic rings. The highest BCUT2D eigenvalue weighted by Gasteiger charge is 2.31. The zero-order valence-electron chi connectivity index (χ0n) is 22.6. The zero-order valence-corrected chi connectivity index (χ0v) is 22.6. The third kappa shape index (κ3) is 5.12. The summed E-state index contributed by atoms with van der Waals surface area (Å²) in [5.41, 5.74) is 8.22. The highest BCUT2D eigenvalue weighted by Crippen LogP contribution is 2.44. The molecule has 40 heavy (non-hydrogen) atoms. The van der Waals surface area contributed by atoms with Crippen molar-refractivity contribution < 1.29 is 0 Å². The maximum Gasteiger partial charge on any atom is 0.164 e. The van der Waals surface area contributed by atoms with E-state index in [0.717, 1.165) is 16.7 Å². The Morgan fingerprint density at radius 1 is 0.400 bits per heavy atom. The summed E-state index contributed by atoms with van der Waals surface area (Å²) >= 11 is 0. The normalized spacial score (nSPS) is 12.7. The minimum atomic E-state index is 0.0818. The number of anilines is 2. The summed E-state index contributed by atoms with van der Waals surface area (Å²) in [7, 11) is 0. The van der Waals surface area contributed by atoms with Crippen LogP contribution in [0.1, 0.15) is 25.0 Å². The molecule has 2 heterocycles. The van der Waals surface area contributed by atoms with E-state index in [1.165, 1.54) is 22.5 Å². The molecule has 0 saturated heterocycles. The van der Waals surface area contributed by atoms with Crippen LogP contribution in [0.2, 0.25) is 0 Å². The van der Waals surface area contributed by atoms with Crippen molar-refractivity contribution in [3.63, 3.8) is 0 Å². The van der Waals surface area contributed by atoms with Gasteiger partial charge in [0.15, 0.2) is 17.5 Å². The second kappa shape index (κ2) is 11.0. The summed E-state index contributed by atoms with van der Waals surface area (Å²) < 4.78 is 0. The molecule has 0 atom stereocenters. The van der Waals surface area contributed by atoms with Crippen molar-refractivity contribution in [2.24, 2.45) is 0 Å². The Morgan fingerprint density at radius 2 is 0.700 bits per heavy atom. The summed E-state index contributed by atoms with van der Waals surface area (Å²) in [6.45, 7) is 4.57. The van der Waals surface area contributed by atoms with Crippen LogP contribution in [0.3, 0.4) is 0 Å². The molecular formula is C36H30N4. The summed E-state index contributed by atoms with van der Waals surface area (Å²) in [5.74, 6) is 2.05. The molecule has 0 radical (unpaired) electrons. The lowest BCUT2D eigenvalue weighted by Gasteiger charge is -2.35. The van der Waals surface area contributed by atoms with Crippen LogP contribution in [0.5, 0.6) is 0 Å². The highest BCUT2D eigenvalue weighted by atomic mass is 15.0. The molecule has 0 unspecified atom stereocenters. The largest absolute Gasteiger partial charge is 0.355 e. The second-order valence-corrected chi connectivity index (χ2v) is 10.2. The second-order valence-electron chi connectivity index (χ2n) is 10.2. The van der Waals surface area contributed by atoms with Crippen molar-refractivity contribution in [3.05, 3.63) is 151 Å². The number of hydrogen-bond acceptors (Lipinski definition) is 4. The van der Waals surface area contributed by atoms with E-state index in [9.17, 15) is 0 Å². The van der Waals surface area contributed by atoms with Gasteiger partial charge in [0, 0.05) is 33.5 Å². The lowest BCUT2D eigenvalue weighted by atomic mass is 9.74. The topological polar surface area (TPSA) is 50.7 Å². The van der Waals surface area contributed by atoms with E-state index in [2.05, 4.69) is 82.6 Å². The molecule has 1 aliphatic heterocycles. The zero-order chi connectivity index (χ0) is 27.4. The number of fused-ring (bicyclic) bond motifs is 2. The van der Waals surface area contributed by atoms with E-state index < -0.39 is 0 Å². The van der Waals surface area contributed by atoms with Crippen LogP contribution >= 0.6 is 0 Å². The Hall–Kier alpha value is -5.09. The minimum Gasteiger partial charge on any atom is -0.355 e. The molecule has 0 saturated carbocycles. The van der Waals surface area contributed by atoms with Crippen LogP contribution in [0, 0.1) is 0 Å². The molecule has 1 aliphatic rings. The fourth-order valence-electron chi connectivity index (χ4n) is 5.09. The van der Waals surface area contributed by atoms with Crippen molar-refractivity contribution in [3.8, 4) is 34.2 Å². The number of rotatable bonds is 3. The van der Waals surface area contributed by atoms with Gasteiger partial charge in [-0.1, -0.05) is 141 Å². The molecule has 4 nitrogen and oxygen atoms in total. The van der Waals surface area contributed by atoms with E-state index in [1.54, 1.807) is 0 Å². The Labute approximate surface area is 235 Å². The van der Waals surface area contributed by atoms with Crippen molar-refractivity contribution in [2.75, 3.05) is 5.32 Å². The van der Waals surface area contributed by atoms with Gasteiger partial charge < -0.3 is 5.32 Å². The van der Waals surface area contributed by atoms with Crippen molar-refractivity contribution >= 4 is 11.4 Å². The Bertz CT molecular complexity index is 1540. The molecule has 1 aromatic heterocycles. The molecule has 0 spiro atoms. The molecule has 0 amide bonds. The first-order valence-corrected chi connectivity index (χ1v) is 13.5. The molecule has 0 aliphatic carbocycles. The molecular weight excluding hydrogens is 488 g/mol. The van der Waals surface area contributed by atoms with Crippen LogP contribution in [0.4, 0.5) is 11.4 Å². The fourth-order valence-corrected chi connectivity index (χ4v) is 5.09. The highest BCUT2D eigenvalue weighted by molar-refractivity contribution is 5.75. The van der Waals surface area contributed by atoms with E-state index in [0.29, 0.717) is 17.5 Å². The van der Waals surface area contributed by atoms with Crippen LogP contribution in [0.25, 0.3) is 34.2 Å². The Morgan fingerprint density at radius 3 is 1.05 bits per heavy atom. The van der Waals surface area contributed by atoms with E-state index in [-0.39, 0.29) is 5.41 Å². The van der Waals surface area contributed by atoms with Gasteiger partial charge in [0.2, 0.25) is 0 Å². The molecule has 1 N–H and O–H groups in total. The maximum atomic E-state index is 4.68. The third-order valence-electron chi connectivity index (χ3n) is 7.20. The van der Waals surface area contributed by atoms with E-state index in [4.69, 9.17) is 0 Å². The van der Waals surface area contributed by atoms with Gasteiger partial charge in [-0.3, -0.25) is 0 Å². The molecule has 4 heteroatoms. The van der Waals surface area contributed by atoms with Gasteiger partial charge in [-0.2, -0.15) is 0 Å². The summed E-state index contributed by atoms with van der Waals surface area (Å²) in [4.78, 5) is 14.0. The van der Waals surface area contributed by atoms with Gasteiger partial charge in [-0.25, -0.2) is 15.0 Å². The number of para-hydroxylation sites is 2. The number of hydrogen-bond donors (Lipinski definition) is 1. The first kappa shape index (κ1) is 25.2. The quantitative estimate of drug-likeness (QED) is 0.254. The molecule has 0 fully saturated rings. The SMILES string of the molecule is CC1(C)c2ccccc2Nc2ccccc21.c1ccc(-c2nc(-c3ccccc3)nc(-c3ccccc3)n2)cc1. The first-order valence-electron chi connectivity index (χ1n) is 13.5. The van der Waals surface area contributed by atoms with Gasteiger partial charge >= 0.3 is 0 Å². The van der Waals surface area contributed by atoms with Crippen molar-refractivity contribution in [1.29, 1.82) is 0 Å². The molecule has 5 aromatic carbocycles. The minimum absolute atomic E-state index is 0.0818. The fraction of sp³-hybridized carbons (Fsp3) is 0.0833. The van der Waals surface area contributed by atoms with Crippen LogP contribution in [-0.4, -0.2) is 15.0 Å². The smallest absolute Gasteiger partial charge is 0.164 e. The van der Waals surface area contributed by atoms with Gasteiger partial charge in [-0.05, 0) is 23.3 Å². The lowest BCUT2D eigenvalue weighted by Crippen LogP contribution is -2.25. The number of benzene rings is 5. The van der Waals surface area contributed by atoms with E-state index in [1.807, 2.05) is 91.0 Å². The standard InChI is InChI=1S/C21H15N3.C15H15N/c1-4-10-16(11-5-1)19-22-20(17-12-6-2-7-13-17)24-21(23-19)18-14-8-3-9-15-18;1-15(2)11-7-3-5-9-13(11)16-14-10-6-4-8-12(14)15/h1-15H;3-10,16H,1-2H3. The molecule has 7 rings (SSSR count). The van der Waals surface area contributed by atoms with Crippen molar-refractivity contribution in [2.45, 2.75) is 19.3 Å². The molecule has 0 bridgehead atoms. The van der Waals surface area contributed by atoms with Crippen LogP contribution in [0.15, 0.2) is 140 Å². The lowest BCUT2D eigenvalue weighted by molar-refractivity contribution is 0.638. The third-order valence-corrected chi connectivity index (χ3v) is 7.20. The van der Waals surface area contributed by atoms with Gasteiger partial charge in [0.25, 0.3) is 0 Å². The van der Waals surface area contributed by atoms with Crippen LogP contribution in [-0.2, 0) is 5.41 Å². The average Bonchev–Trinajstić information content (AvgIpc) is 3.03.